The van der Waals surface area contributed by atoms with Crippen LogP contribution in [-0.4, -0.2) is 55.5 Å². The Morgan fingerprint density at radius 1 is 1.21 bits per heavy atom. The van der Waals surface area contributed by atoms with Gasteiger partial charge in [-0.3, -0.25) is 4.79 Å². The summed E-state index contributed by atoms with van der Waals surface area (Å²) < 4.78 is 5.78. The van der Waals surface area contributed by atoms with E-state index in [1.165, 1.54) is 22.0 Å². The first-order chi connectivity index (χ1) is 15.5. The monoisotopic (exact) mass is 561 g/mol. The molecule has 1 aliphatic heterocycles. The maximum Gasteiger partial charge on any atom is 0.243 e. The third-order valence-corrected chi connectivity index (χ3v) is 5.84. The average molecular weight is 561 g/mol. The van der Waals surface area contributed by atoms with Crippen molar-refractivity contribution in [2.45, 2.75) is 25.8 Å². The Kier molecular flexibility index (Phi) is 8.60. The van der Waals surface area contributed by atoms with E-state index in [-0.39, 0.29) is 42.5 Å². The molecule has 2 heterocycles. The summed E-state index contributed by atoms with van der Waals surface area (Å²) in [4.78, 5) is 21.6. The van der Waals surface area contributed by atoms with Gasteiger partial charge >= 0.3 is 0 Å². The lowest BCUT2D eigenvalue weighted by Crippen LogP contribution is -2.42. The number of aromatic amines is 1. The molecule has 0 radical (unpaired) electrons. The number of amides is 1. The van der Waals surface area contributed by atoms with Crippen LogP contribution in [0.4, 0.5) is 0 Å². The average Bonchev–Trinajstić information content (AvgIpc) is 3.21. The molecule has 176 valence electrons. The van der Waals surface area contributed by atoms with Crippen LogP contribution in [0.3, 0.4) is 0 Å². The highest BCUT2D eigenvalue weighted by molar-refractivity contribution is 14.0. The molecule has 8 heteroatoms. The number of ether oxygens (including phenoxy) is 1. The molecular weight excluding hydrogens is 529 g/mol. The normalized spacial score (nSPS) is 15.2. The number of nitrogens with one attached hydrogen (secondary N) is 3. The van der Waals surface area contributed by atoms with Gasteiger partial charge in [0.15, 0.2) is 5.96 Å². The fourth-order valence-electron chi connectivity index (χ4n) is 3.98. The molecule has 0 saturated heterocycles. The molecule has 0 saturated carbocycles. The van der Waals surface area contributed by atoms with E-state index in [0.717, 1.165) is 24.2 Å². The minimum atomic E-state index is -0.0365. The van der Waals surface area contributed by atoms with Gasteiger partial charge in [0.05, 0.1) is 12.6 Å². The zero-order chi connectivity index (χ0) is 22.5. The van der Waals surface area contributed by atoms with Gasteiger partial charge in [-0.2, -0.15) is 0 Å². The molecule has 0 aliphatic carbocycles. The van der Waals surface area contributed by atoms with Gasteiger partial charge in [-0.15, -0.1) is 24.0 Å². The Bertz CT molecular complexity index is 1120. The second kappa shape index (κ2) is 11.4. The summed E-state index contributed by atoms with van der Waals surface area (Å²) in [5.74, 6) is 1.50. The number of aliphatic imine (C=N–C) groups is 1. The summed E-state index contributed by atoms with van der Waals surface area (Å²) in [6, 6.07) is 14.5. The molecule has 7 nitrogen and oxygen atoms in total. The molecule has 1 atom stereocenters. The summed E-state index contributed by atoms with van der Waals surface area (Å²) in [7, 11) is 3.48. The molecule has 1 aliphatic rings. The quantitative estimate of drug-likeness (QED) is 0.243. The summed E-state index contributed by atoms with van der Waals surface area (Å²) in [5, 5.41) is 8.19. The van der Waals surface area contributed by atoms with Crippen LogP contribution < -0.4 is 15.4 Å². The number of carbonyl (C=O) groups excluding carboxylic acids is 1. The number of halogens is 1. The lowest BCUT2D eigenvalue weighted by atomic mass is 10.0. The molecule has 1 aromatic heterocycles. The van der Waals surface area contributed by atoms with Crippen LogP contribution in [0.5, 0.6) is 5.75 Å². The number of likely N-dealkylation sites (N-methyl/N-ethyl adjacent to an activating group) is 1. The van der Waals surface area contributed by atoms with Crippen LogP contribution in [0, 0.1) is 6.92 Å². The first-order valence-electron chi connectivity index (χ1n) is 11.0. The van der Waals surface area contributed by atoms with Crippen LogP contribution >= 0.6 is 24.0 Å². The van der Waals surface area contributed by atoms with Gasteiger partial charge in [0, 0.05) is 49.7 Å². The minimum Gasteiger partial charge on any atom is -0.493 e. The highest BCUT2D eigenvalue weighted by atomic mass is 127. The molecule has 0 bridgehead atoms. The number of aryl methyl sites for hydroxylation is 1. The molecule has 4 rings (SSSR count). The second-order valence-corrected chi connectivity index (χ2v) is 8.31. The maximum absolute atomic E-state index is 12.1. The van der Waals surface area contributed by atoms with Crippen molar-refractivity contribution in [1.29, 1.82) is 0 Å². The number of fused-ring (bicyclic) bond motifs is 2. The number of H-pyrrole nitrogens is 1. The summed E-state index contributed by atoms with van der Waals surface area (Å²) in [6.45, 7) is 3.56. The zero-order valence-corrected chi connectivity index (χ0v) is 21.7. The molecule has 1 unspecified atom stereocenters. The van der Waals surface area contributed by atoms with Crippen LogP contribution in [-0.2, 0) is 11.2 Å². The number of guanidine groups is 1. The van der Waals surface area contributed by atoms with Crippen molar-refractivity contribution in [3.63, 3.8) is 0 Å². The Hall–Kier alpha value is -2.75. The van der Waals surface area contributed by atoms with Crippen molar-refractivity contribution in [3.05, 3.63) is 65.4 Å². The predicted molar refractivity (Wildman–Crippen MR) is 144 cm³/mol. The van der Waals surface area contributed by atoms with E-state index >= 15 is 0 Å². The van der Waals surface area contributed by atoms with E-state index in [1.807, 2.05) is 18.2 Å². The topological polar surface area (TPSA) is 81.8 Å². The smallest absolute Gasteiger partial charge is 0.243 e. The van der Waals surface area contributed by atoms with Crippen LogP contribution in [0.1, 0.15) is 29.2 Å². The number of nitrogens with zero attached hydrogens (tertiary/aromatic N) is 2. The Balaban J connectivity index is 0.00000306. The lowest BCUT2D eigenvalue weighted by Gasteiger charge is -2.28. The molecule has 2 aromatic carbocycles. The number of benzene rings is 2. The van der Waals surface area contributed by atoms with Crippen molar-refractivity contribution < 1.29 is 9.53 Å². The summed E-state index contributed by atoms with van der Waals surface area (Å²) in [5.41, 5.74) is 4.80. The van der Waals surface area contributed by atoms with Crippen molar-refractivity contribution in [2.75, 3.05) is 33.8 Å². The van der Waals surface area contributed by atoms with E-state index < -0.39 is 0 Å². The molecule has 1 amide bonds. The van der Waals surface area contributed by atoms with Crippen LogP contribution in [0.15, 0.2) is 53.7 Å². The Morgan fingerprint density at radius 2 is 2.03 bits per heavy atom. The predicted octanol–water partition coefficient (Wildman–Crippen LogP) is 3.78. The van der Waals surface area contributed by atoms with Crippen molar-refractivity contribution >= 4 is 46.7 Å². The zero-order valence-electron chi connectivity index (χ0n) is 19.4. The third-order valence-electron chi connectivity index (χ3n) is 5.84. The van der Waals surface area contributed by atoms with Crippen LogP contribution in [0.2, 0.25) is 0 Å². The number of hydrogen-bond donors (Lipinski definition) is 3. The van der Waals surface area contributed by atoms with E-state index in [9.17, 15) is 4.79 Å². The van der Waals surface area contributed by atoms with Gasteiger partial charge in [0.2, 0.25) is 5.91 Å². The molecular formula is C25H32IN5O2. The van der Waals surface area contributed by atoms with E-state index in [1.54, 1.807) is 19.0 Å². The van der Waals surface area contributed by atoms with Gasteiger partial charge in [-0.25, -0.2) is 4.99 Å². The van der Waals surface area contributed by atoms with Crippen LogP contribution in [0.25, 0.3) is 10.9 Å². The standard InChI is InChI=1S/C25H31N5O2.HI/c1-17-7-6-9-19-18(15-27-24(17)19)11-13-26-25(28-16-23(31)30(2)3)29-21-12-14-32-22-10-5-4-8-20(21)22;/h4-10,15,21,27H,11-14,16H2,1-3H3,(H2,26,28,29);1H. The fourth-order valence-corrected chi connectivity index (χ4v) is 3.98. The molecule has 0 spiro atoms. The van der Waals surface area contributed by atoms with Gasteiger partial charge in [-0.05, 0) is 30.5 Å². The van der Waals surface area contributed by atoms with E-state index in [4.69, 9.17) is 4.74 Å². The molecule has 0 fully saturated rings. The lowest BCUT2D eigenvalue weighted by molar-refractivity contribution is -0.127. The number of aromatic nitrogens is 1. The second-order valence-electron chi connectivity index (χ2n) is 8.31. The third kappa shape index (κ3) is 5.98. The minimum absolute atomic E-state index is 0. The number of hydrogen-bond acceptors (Lipinski definition) is 3. The van der Waals surface area contributed by atoms with Gasteiger partial charge in [-0.1, -0.05) is 36.4 Å². The SMILES string of the molecule is Cc1cccc2c(CCNC(=NCC(=O)N(C)C)NC3CCOc4ccccc43)c[nH]c12.I. The van der Waals surface area contributed by atoms with E-state index in [2.05, 4.69) is 58.0 Å². The maximum atomic E-state index is 12.1. The van der Waals surface area contributed by atoms with E-state index in [0.29, 0.717) is 19.1 Å². The highest BCUT2D eigenvalue weighted by Crippen LogP contribution is 2.31. The summed E-state index contributed by atoms with van der Waals surface area (Å²) in [6.07, 6.45) is 3.76. The number of carbonyl (C=O) groups is 1. The number of rotatable bonds is 6. The first kappa shape index (κ1) is 24.9. The largest absolute Gasteiger partial charge is 0.493 e. The Morgan fingerprint density at radius 3 is 2.85 bits per heavy atom. The first-order valence-corrected chi connectivity index (χ1v) is 11.0. The fraction of sp³-hybridized carbons (Fsp3) is 0.360. The highest BCUT2D eigenvalue weighted by Gasteiger charge is 2.22. The van der Waals surface area contributed by atoms with Crippen molar-refractivity contribution in [2.24, 2.45) is 4.99 Å². The molecule has 33 heavy (non-hydrogen) atoms. The van der Waals surface area contributed by atoms with Gasteiger partial charge in [0.1, 0.15) is 12.3 Å². The summed E-state index contributed by atoms with van der Waals surface area (Å²) >= 11 is 0. The van der Waals surface area contributed by atoms with Gasteiger partial charge in [0.25, 0.3) is 0 Å². The van der Waals surface area contributed by atoms with Crippen molar-refractivity contribution in [1.82, 2.24) is 20.5 Å². The molecule has 3 aromatic rings. The Labute approximate surface area is 212 Å². The molecule has 3 N–H and O–H groups in total. The number of para-hydroxylation sites is 2. The van der Waals surface area contributed by atoms with Crippen molar-refractivity contribution in [3.8, 4) is 5.75 Å². The van der Waals surface area contributed by atoms with Gasteiger partial charge < -0.3 is 25.3 Å².